The van der Waals surface area contributed by atoms with Crippen LogP contribution in [0.15, 0.2) is 18.2 Å². The lowest BCUT2D eigenvalue weighted by atomic mass is 9.74. The molecule has 0 unspecified atom stereocenters. The first-order chi connectivity index (χ1) is 14.7. The van der Waals surface area contributed by atoms with Crippen molar-refractivity contribution in [3.63, 3.8) is 0 Å². The zero-order valence-electron chi connectivity index (χ0n) is 18.0. The van der Waals surface area contributed by atoms with Gasteiger partial charge >= 0.3 is 6.18 Å². The van der Waals surface area contributed by atoms with Crippen molar-refractivity contribution in [2.24, 2.45) is 11.1 Å². The van der Waals surface area contributed by atoms with Crippen molar-refractivity contribution < 1.29 is 18.3 Å². The molecule has 5 nitrogen and oxygen atoms in total. The van der Waals surface area contributed by atoms with E-state index in [-0.39, 0.29) is 23.6 Å². The number of aryl methyl sites for hydroxylation is 1. The normalized spacial score (nSPS) is 21.1. The fourth-order valence-corrected chi connectivity index (χ4v) is 5.31. The van der Waals surface area contributed by atoms with Gasteiger partial charge in [0.15, 0.2) is 5.82 Å². The maximum absolute atomic E-state index is 13.4. The number of hydrogen-bond donors (Lipinski definition) is 2. The number of alkyl halides is 3. The molecule has 1 aromatic carbocycles. The highest BCUT2D eigenvalue weighted by molar-refractivity contribution is 5.68. The summed E-state index contributed by atoms with van der Waals surface area (Å²) in [7, 11) is 0. The summed E-state index contributed by atoms with van der Waals surface area (Å²) in [4.78, 5) is 11.4. The third kappa shape index (κ3) is 3.91. The Balaban J connectivity index is 1.66. The lowest BCUT2D eigenvalue weighted by Gasteiger charge is -2.42. The number of piperidine rings is 1. The van der Waals surface area contributed by atoms with Gasteiger partial charge in [-0.3, -0.25) is 0 Å². The van der Waals surface area contributed by atoms with Crippen molar-refractivity contribution >= 4 is 5.82 Å². The number of anilines is 1. The molecule has 3 N–H and O–H groups in total. The predicted octanol–water partition coefficient (Wildman–Crippen LogP) is 4.37. The molecule has 8 heteroatoms. The first-order valence-electron chi connectivity index (χ1n) is 10.8. The average Bonchev–Trinajstić information content (AvgIpc) is 3.07. The van der Waals surface area contributed by atoms with Crippen molar-refractivity contribution in [1.82, 2.24) is 9.97 Å². The molecule has 1 atom stereocenters. The van der Waals surface area contributed by atoms with E-state index in [2.05, 4.69) is 9.88 Å². The molecule has 1 aliphatic carbocycles. The highest BCUT2D eigenvalue weighted by atomic mass is 19.4. The monoisotopic (exact) mass is 434 g/mol. The summed E-state index contributed by atoms with van der Waals surface area (Å²) in [5.74, 6) is 0.620. The third-order valence-electron chi connectivity index (χ3n) is 7.20. The number of nitrogens with zero attached hydrogens (tertiary/aromatic N) is 3. The van der Waals surface area contributed by atoms with Gasteiger partial charge in [0, 0.05) is 24.7 Å². The molecule has 168 valence electrons. The summed E-state index contributed by atoms with van der Waals surface area (Å²) in [6, 6.07) is 4.31. The fourth-order valence-electron chi connectivity index (χ4n) is 5.31. The first-order valence-corrected chi connectivity index (χ1v) is 10.8. The molecule has 2 heterocycles. The van der Waals surface area contributed by atoms with Gasteiger partial charge in [0.05, 0.1) is 23.6 Å². The number of hydrogen-bond acceptors (Lipinski definition) is 5. The number of aliphatic hydroxyl groups excluding tert-OH is 1. The van der Waals surface area contributed by atoms with E-state index in [4.69, 9.17) is 10.7 Å². The second kappa shape index (κ2) is 8.06. The lowest BCUT2D eigenvalue weighted by Crippen LogP contribution is -2.47. The minimum absolute atomic E-state index is 0.110. The number of benzene rings is 1. The van der Waals surface area contributed by atoms with Crippen LogP contribution in [0.5, 0.6) is 0 Å². The van der Waals surface area contributed by atoms with E-state index in [1.165, 1.54) is 19.4 Å². The van der Waals surface area contributed by atoms with Crippen LogP contribution in [0, 0.1) is 19.3 Å². The molecular weight excluding hydrogens is 405 g/mol. The quantitative estimate of drug-likeness (QED) is 0.750. The van der Waals surface area contributed by atoms with E-state index < -0.39 is 11.7 Å². The minimum atomic E-state index is -4.44. The van der Waals surface area contributed by atoms with Crippen LogP contribution >= 0.6 is 0 Å². The van der Waals surface area contributed by atoms with E-state index in [9.17, 15) is 18.3 Å². The summed E-state index contributed by atoms with van der Waals surface area (Å²) >= 11 is 0. The van der Waals surface area contributed by atoms with Crippen molar-refractivity contribution in [2.45, 2.75) is 64.8 Å². The second-order valence-corrected chi connectivity index (χ2v) is 8.91. The van der Waals surface area contributed by atoms with Gasteiger partial charge in [0.2, 0.25) is 0 Å². The second-order valence-electron chi connectivity index (χ2n) is 8.91. The van der Waals surface area contributed by atoms with E-state index >= 15 is 0 Å². The van der Waals surface area contributed by atoms with E-state index in [1.807, 2.05) is 0 Å². The van der Waals surface area contributed by atoms with Gasteiger partial charge in [0.1, 0.15) is 5.69 Å². The summed E-state index contributed by atoms with van der Waals surface area (Å²) in [5, 5.41) is 9.98. The Morgan fingerprint density at radius 3 is 2.45 bits per heavy atom. The Morgan fingerprint density at radius 1 is 1.16 bits per heavy atom. The Kier molecular flexibility index (Phi) is 5.72. The topological polar surface area (TPSA) is 75.3 Å². The average molecular weight is 435 g/mol. The third-order valence-corrected chi connectivity index (χ3v) is 7.20. The van der Waals surface area contributed by atoms with Crippen LogP contribution in [0.1, 0.15) is 54.6 Å². The number of halogens is 3. The highest BCUT2D eigenvalue weighted by Gasteiger charge is 2.43. The van der Waals surface area contributed by atoms with Crippen molar-refractivity contribution in [2.75, 3.05) is 18.0 Å². The maximum Gasteiger partial charge on any atom is 0.416 e. The maximum atomic E-state index is 13.4. The summed E-state index contributed by atoms with van der Waals surface area (Å²) in [5.41, 5.74) is 7.71. The Hall–Kier alpha value is -2.19. The van der Waals surface area contributed by atoms with Crippen LogP contribution in [-0.4, -0.2) is 34.2 Å². The van der Waals surface area contributed by atoms with Crippen LogP contribution in [0.25, 0.3) is 11.3 Å². The molecule has 0 radical (unpaired) electrons. The van der Waals surface area contributed by atoms with Gasteiger partial charge in [-0.05, 0) is 56.6 Å². The zero-order valence-corrected chi connectivity index (χ0v) is 18.0. The van der Waals surface area contributed by atoms with Gasteiger partial charge in [0.25, 0.3) is 0 Å². The van der Waals surface area contributed by atoms with Gasteiger partial charge in [-0.25, -0.2) is 9.97 Å². The molecule has 1 aromatic heterocycles. The van der Waals surface area contributed by atoms with Crippen LogP contribution in [0.2, 0.25) is 0 Å². The summed E-state index contributed by atoms with van der Waals surface area (Å²) in [6.07, 6.45) is 0.931. The molecule has 2 fully saturated rings. The van der Waals surface area contributed by atoms with E-state index in [0.29, 0.717) is 28.5 Å². The molecule has 1 spiro atoms. The molecule has 4 rings (SSSR count). The van der Waals surface area contributed by atoms with Gasteiger partial charge in [-0.1, -0.05) is 18.6 Å². The van der Waals surface area contributed by atoms with Gasteiger partial charge < -0.3 is 15.7 Å². The van der Waals surface area contributed by atoms with Crippen molar-refractivity contribution in [3.05, 3.63) is 40.7 Å². The number of aromatic nitrogens is 2. The van der Waals surface area contributed by atoms with Gasteiger partial charge in [-0.15, -0.1) is 0 Å². The molecule has 0 bridgehead atoms. The van der Waals surface area contributed by atoms with Crippen molar-refractivity contribution in [3.8, 4) is 11.3 Å². The molecule has 2 aliphatic rings. The predicted molar refractivity (Wildman–Crippen MR) is 114 cm³/mol. The molecule has 1 aliphatic heterocycles. The number of nitrogens with two attached hydrogens (primary N) is 1. The van der Waals surface area contributed by atoms with Crippen LogP contribution in [0.3, 0.4) is 0 Å². The summed E-state index contributed by atoms with van der Waals surface area (Å²) < 4.78 is 40.1. The number of aliphatic hydroxyl groups is 1. The highest BCUT2D eigenvalue weighted by Crippen LogP contribution is 2.46. The van der Waals surface area contributed by atoms with E-state index in [0.717, 1.165) is 44.8 Å². The van der Waals surface area contributed by atoms with Crippen LogP contribution < -0.4 is 10.6 Å². The van der Waals surface area contributed by atoms with Crippen molar-refractivity contribution in [1.29, 1.82) is 0 Å². The molecule has 31 heavy (non-hydrogen) atoms. The SMILES string of the molecule is Cc1nc(N2CCC3(CCC[C@H]3N)CC2)c(CO)nc1-c1cccc(C(F)(F)F)c1C. The molecule has 2 aromatic rings. The Labute approximate surface area is 180 Å². The molecular formula is C23H29F3N4O. The summed E-state index contributed by atoms with van der Waals surface area (Å²) in [6.45, 7) is 4.45. The van der Waals surface area contributed by atoms with Crippen LogP contribution in [-0.2, 0) is 12.8 Å². The Bertz CT molecular complexity index is 968. The lowest BCUT2D eigenvalue weighted by molar-refractivity contribution is -0.138. The Morgan fingerprint density at radius 2 is 1.87 bits per heavy atom. The number of rotatable bonds is 3. The molecule has 1 saturated heterocycles. The fraction of sp³-hybridized carbons (Fsp3) is 0.565. The van der Waals surface area contributed by atoms with Gasteiger partial charge in [-0.2, -0.15) is 13.2 Å². The molecule has 1 saturated carbocycles. The first kappa shape index (κ1) is 22.0. The zero-order chi connectivity index (χ0) is 22.4. The van der Waals surface area contributed by atoms with Crippen LogP contribution in [0.4, 0.5) is 19.0 Å². The van der Waals surface area contributed by atoms with E-state index in [1.54, 1.807) is 13.0 Å². The smallest absolute Gasteiger partial charge is 0.390 e. The molecule has 0 amide bonds. The standard InChI is InChI=1S/C23H29F3N4O/c1-14-16(5-3-6-17(14)23(24,25)26)20-15(2)28-21(18(13-31)29-20)30-11-9-22(10-12-30)8-4-7-19(22)27/h3,5-6,19,31H,4,7-13,27H2,1-2H3/t19-/m1/s1. The minimum Gasteiger partial charge on any atom is -0.390 e. The largest absolute Gasteiger partial charge is 0.416 e.